The van der Waals surface area contributed by atoms with Crippen LogP contribution < -0.4 is 0 Å². The summed E-state index contributed by atoms with van der Waals surface area (Å²) < 4.78 is 0. The normalized spacial score (nSPS) is 15.9. The second-order valence-corrected chi connectivity index (χ2v) is 4.81. The monoisotopic (exact) mass is 253 g/mol. The smallest absolute Gasteiger partial charge is 0.226 e. The van der Waals surface area contributed by atoms with Gasteiger partial charge < -0.3 is 10.0 Å². The number of phenols is 1. The zero-order valence-corrected chi connectivity index (χ0v) is 10.4. The van der Waals surface area contributed by atoms with Crippen LogP contribution in [0.5, 0.6) is 5.75 Å². The van der Waals surface area contributed by atoms with Crippen molar-refractivity contribution in [1.29, 1.82) is 0 Å². The molecule has 3 nitrogen and oxygen atoms in total. The van der Waals surface area contributed by atoms with Crippen LogP contribution >= 0.6 is 11.6 Å². The van der Waals surface area contributed by atoms with Gasteiger partial charge in [0.2, 0.25) is 5.91 Å². The number of piperidine rings is 1. The summed E-state index contributed by atoms with van der Waals surface area (Å²) in [6.07, 6.45) is 3.78. The molecule has 0 aromatic heterocycles. The SMILES string of the molecule is O=C(Cc1ccc(O)c(Cl)c1)N1CCCCC1. The number of rotatable bonds is 2. The molecule has 1 fully saturated rings. The van der Waals surface area contributed by atoms with Gasteiger partial charge in [0.25, 0.3) is 0 Å². The van der Waals surface area contributed by atoms with E-state index in [1.165, 1.54) is 12.5 Å². The average Bonchev–Trinajstić information content (AvgIpc) is 2.35. The number of carbonyl (C=O) groups is 1. The molecule has 0 atom stereocenters. The molecule has 4 heteroatoms. The van der Waals surface area contributed by atoms with E-state index in [1.807, 2.05) is 4.90 Å². The molecule has 0 bridgehead atoms. The molecule has 92 valence electrons. The summed E-state index contributed by atoms with van der Waals surface area (Å²) in [5, 5.41) is 9.60. The number of halogens is 1. The van der Waals surface area contributed by atoms with E-state index in [1.54, 1.807) is 12.1 Å². The quantitative estimate of drug-likeness (QED) is 0.880. The number of hydrogen-bond acceptors (Lipinski definition) is 2. The van der Waals surface area contributed by atoms with Gasteiger partial charge in [0, 0.05) is 13.1 Å². The maximum Gasteiger partial charge on any atom is 0.226 e. The van der Waals surface area contributed by atoms with Crippen LogP contribution in [0.2, 0.25) is 5.02 Å². The summed E-state index contributed by atoms with van der Waals surface area (Å²) in [4.78, 5) is 13.9. The molecule has 1 N–H and O–H groups in total. The molecule has 1 aliphatic heterocycles. The number of phenolic OH excluding ortho intramolecular Hbond substituents is 1. The zero-order chi connectivity index (χ0) is 12.3. The lowest BCUT2D eigenvalue weighted by molar-refractivity contribution is -0.131. The average molecular weight is 254 g/mol. The summed E-state index contributed by atoms with van der Waals surface area (Å²) in [7, 11) is 0. The van der Waals surface area contributed by atoms with Gasteiger partial charge in [-0.05, 0) is 37.0 Å². The van der Waals surface area contributed by atoms with Gasteiger partial charge in [0.15, 0.2) is 0 Å². The van der Waals surface area contributed by atoms with Crippen LogP contribution in [0.15, 0.2) is 18.2 Å². The van der Waals surface area contributed by atoms with Gasteiger partial charge in [0.05, 0.1) is 11.4 Å². The molecule has 1 aromatic carbocycles. The molecule has 1 aliphatic rings. The van der Waals surface area contributed by atoms with E-state index in [9.17, 15) is 9.90 Å². The van der Waals surface area contributed by atoms with Crippen molar-refractivity contribution in [2.75, 3.05) is 13.1 Å². The second-order valence-electron chi connectivity index (χ2n) is 4.40. The highest BCUT2D eigenvalue weighted by Crippen LogP contribution is 2.24. The molecule has 0 unspecified atom stereocenters. The third kappa shape index (κ3) is 3.13. The van der Waals surface area contributed by atoms with Gasteiger partial charge in [-0.15, -0.1) is 0 Å². The number of likely N-dealkylation sites (tertiary alicyclic amines) is 1. The highest BCUT2D eigenvalue weighted by molar-refractivity contribution is 6.32. The molecule has 0 saturated carbocycles. The summed E-state index contributed by atoms with van der Waals surface area (Å²) in [6, 6.07) is 4.92. The number of hydrogen-bond donors (Lipinski definition) is 1. The first kappa shape index (κ1) is 12.2. The second kappa shape index (κ2) is 5.41. The minimum absolute atomic E-state index is 0.0563. The molecule has 0 spiro atoms. The third-order valence-electron chi connectivity index (χ3n) is 3.08. The Morgan fingerprint density at radius 1 is 1.29 bits per heavy atom. The van der Waals surface area contributed by atoms with Crippen molar-refractivity contribution in [1.82, 2.24) is 4.90 Å². The van der Waals surface area contributed by atoms with E-state index in [0.717, 1.165) is 31.5 Å². The zero-order valence-electron chi connectivity index (χ0n) is 9.66. The van der Waals surface area contributed by atoms with Crippen LogP contribution in [0, 0.1) is 0 Å². The maximum absolute atomic E-state index is 12.0. The third-order valence-corrected chi connectivity index (χ3v) is 3.38. The van der Waals surface area contributed by atoms with Gasteiger partial charge in [-0.2, -0.15) is 0 Å². The molecule has 0 aliphatic carbocycles. The molecule has 0 radical (unpaired) electrons. The van der Waals surface area contributed by atoms with Gasteiger partial charge in [-0.1, -0.05) is 17.7 Å². The predicted octanol–water partition coefficient (Wildman–Crippen LogP) is 2.60. The van der Waals surface area contributed by atoms with E-state index in [-0.39, 0.29) is 11.7 Å². The van der Waals surface area contributed by atoms with Crippen molar-refractivity contribution in [3.05, 3.63) is 28.8 Å². The van der Waals surface area contributed by atoms with Gasteiger partial charge in [-0.25, -0.2) is 0 Å². The highest BCUT2D eigenvalue weighted by atomic mass is 35.5. The van der Waals surface area contributed by atoms with Crippen molar-refractivity contribution in [3.63, 3.8) is 0 Å². The topological polar surface area (TPSA) is 40.5 Å². The van der Waals surface area contributed by atoms with Crippen LogP contribution in [0.25, 0.3) is 0 Å². The lowest BCUT2D eigenvalue weighted by Gasteiger charge is -2.26. The Morgan fingerprint density at radius 2 is 2.00 bits per heavy atom. The lowest BCUT2D eigenvalue weighted by Crippen LogP contribution is -2.36. The molecule has 1 heterocycles. The van der Waals surface area contributed by atoms with Crippen LogP contribution in [-0.4, -0.2) is 29.0 Å². The molecular weight excluding hydrogens is 238 g/mol. The summed E-state index contributed by atoms with van der Waals surface area (Å²) in [5.74, 6) is 0.201. The van der Waals surface area contributed by atoms with Crippen LogP contribution in [-0.2, 0) is 11.2 Å². The van der Waals surface area contributed by atoms with Crippen LogP contribution in [0.4, 0.5) is 0 Å². The van der Waals surface area contributed by atoms with E-state index < -0.39 is 0 Å². The minimum atomic E-state index is 0.0563. The standard InChI is InChI=1S/C13H16ClNO2/c14-11-8-10(4-5-12(11)16)9-13(17)15-6-2-1-3-7-15/h4-5,8,16H,1-3,6-7,9H2. The maximum atomic E-state index is 12.0. The Kier molecular flexibility index (Phi) is 3.89. The first-order valence-corrected chi connectivity index (χ1v) is 6.30. The van der Waals surface area contributed by atoms with E-state index in [0.29, 0.717) is 11.4 Å². The van der Waals surface area contributed by atoms with Crippen molar-refractivity contribution < 1.29 is 9.90 Å². The van der Waals surface area contributed by atoms with Gasteiger partial charge in [0.1, 0.15) is 5.75 Å². The van der Waals surface area contributed by atoms with Crippen LogP contribution in [0.3, 0.4) is 0 Å². The fourth-order valence-electron chi connectivity index (χ4n) is 2.09. The summed E-state index contributed by atoms with van der Waals surface area (Å²) in [5.41, 5.74) is 0.850. The Morgan fingerprint density at radius 3 is 2.65 bits per heavy atom. The predicted molar refractivity (Wildman–Crippen MR) is 67.3 cm³/mol. The van der Waals surface area contributed by atoms with Crippen LogP contribution in [0.1, 0.15) is 24.8 Å². The Labute approximate surface area is 106 Å². The molecular formula is C13H16ClNO2. The number of amides is 1. The van der Waals surface area contributed by atoms with E-state index in [4.69, 9.17) is 11.6 Å². The fraction of sp³-hybridized carbons (Fsp3) is 0.462. The first-order valence-electron chi connectivity index (χ1n) is 5.92. The van der Waals surface area contributed by atoms with Gasteiger partial charge >= 0.3 is 0 Å². The van der Waals surface area contributed by atoms with E-state index in [2.05, 4.69) is 0 Å². The minimum Gasteiger partial charge on any atom is -0.506 e. The molecule has 1 aromatic rings. The first-order chi connectivity index (χ1) is 8.16. The fourth-order valence-corrected chi connectivity index (χ4v) is 2.29. The lowest BCUT2D eigenvalue weighted by atomic mass is 10.1. The molecule has 2 rings (SSSR count). The van der Waals surface area contributed by atoms with Gasteiger partial charge in [-0.3, -0.25) is 4.79 Å². The number of aromatic hydroxyl groups is 1. The molecule has 1 saturated heterocycles. The number of benzene rings is 1. The Balaban J connectivity index is 1.99. The largest absolute Gasteiger partial charge is 0.506 e. The molecule has 17 heavy (non-hydrogen) atoms. The summed E-state index contributed by atoms with van der Waals surface area (Å²) in [6.45, 7) is 1.73. The summed E-state index contributed by atoms with van der Waals surface area (Å²) >= 11 is 5.81. The van der Waals surface area contributed by atoms with Crippen molar-refractivity contribution in [2.45, 2.75) is 25.7 Å². The van der Waals surface area contributed by atoms with Crippen molar-refractivity contribution in [3.8, 4) is 5.75 Å². The van der Waals surface area contributed by atoms with Crippen molar-refractivity contribution >= 4 is 17.5 Å². The Bertz CT molecular complexity index is 414. The highest BCUT2D eigenvalue weighted by Gasteiger charge is 2.16. The Hall–Kier alpha value is -1.22. The van der Waals surface area contributed by atoms with E-state index >= 15 is 0 Å². The van der Waals surface area contributed by atoms with Crippen molar-refractivity contribution in [2.24, 2.45) is 0 Å². The number of carbonyl (C=O) groups excluding carboxylic acids is 1. The molecule has 1 amide bonds. The number of nitrogens with zero attached hydrogens (tertiary/aromatic N) is 1.